The summed E-state index contributed by atoms with van der Waals surface area (Å²) in [7, 11) is 0. The highest BCUT2D eigenvalue weighted by atomic mass is 15.2. The number of rotatable bonds is 3. The molecule has 2 N–H and O–H groups in total. The van der Waals surface area contributed by atoms with Crippen LogP contribution >= 0.6 is 0 Å². The Balaban J connectivity index is 1.82. The highest BCUT2D eigenvalue weighted by Gasteiger charge is 2.22. The second-order valence-electron chi connectivity index (χ2n) is 4.78. The molecule has 16 heavy (non-hydrogen) atoms. The second kappa shape index (κ2) is 5.41. The van der Waals surface area contributed by atoms with Crippen molar-refractivity contribution in [1.82, 2.24) is 9.88 Å². The lowest BCUT2D eigenvalue weighted by Gasteiger charge is -2.36. The second-order valence-corrected chi connectivity index (χ2v) is 4.78. The van der Waals surface area contributed by atoms with Crippen LogP contribution in [0.4, 0.5) is 0 Å². The lowest BCUT2D eigenvalue weighted by molar-refractivity contribution is 0.149. The number of nitrogens with two attached hydrogens (primary N) is 1. The Morgan fingerprint density at radius 3 is 3.12 bits per heavy atom. The van der Waals surface area contributed by atoms with E-state index in [0.29, 0.717) is 12.1 Å². The van der Waals surface area contributed by atoms with Gasteiger partial charge in [0.15, 0.2) is 0 Å². The summed E-state index contributed by atoms with van der Waals surface area (Å²) in [5.41, 5.74) is 7.28. The average molecular weight is 219 g/mol. The average Bonchev–Trinajstić information content (AvgIpc) is 2.29. The Morgan fingerprint density at radius 2 is 2.44 bits per heavy atom. The van der Waals surface area contributed by atoms with Gasteiger partial charge in [0.25, 0.3) is 0 Å². The molecule has 0 radical (unpaired) electrons. The third kappa shape index (κ3) is 3.03. The fourth-order valence-electron chi connectivity index (χ4n) is 2.41. The van der Waals surface area contributed by atoms with Gasteiger partial charge in [-0.2, -0.15) is 0 Å². The smallest absolute Gasteiger partial charge is 0.0300 e. The normalized spacial score (nSPS) is 26.9. The molecule has 2 atom stereocenters. The fourth-order valence-corrected chi connectivity index (χ4v) is 2.41. The number of piperidine rings is 1. The van der Waals surface area contributed by atoms with Crippen LogP contribution in [0.3, 0.4) is 0 Å². The third-order valence-corrected chi connectivity index (χ3v) is 3.46. The minimum absolute atomic E-state index is 0.407. The van der Waals surface area contributed by atoms with E-state index in [4.69, 9.17) is 5.73 Å². The number of hydrogen-bond acceptors (Lipinski definition) is 3. The highest BCUT2D eigenvalue weighted by Crippen LogP contribution is 2.16. The molecule has 0 saturated carbocycles. The molecular formula is C13H21N3. The van der Waals surface area contributed by atoms with E-state index in [9.17, 15) is 0 Å². The first kappa shape index (κ1) is 11.6. The lowest BCUT2D eigenvalue weighted by Crippen LogP contribution is -2.46. The number of likely N-dealkylation sites (tertiary alicyclic amines) is 1. The van der Waals surface area contributed by atoms with Crippen molar-refractivity contribution in [3.05, 3.63) is 30.1 Å². The molecule has 1 aromatic heterocycles. The maximum atomic E-state index is 5.96. The first-order valence-electron chi connectivity index (χ1n) is 6.14. The molecule has 88 valence electrons. The molecule has 0 bridgehead atoms. The summed E-state index contributed by atoms with van der Waals surface area (Å²) in [6, 6.07) is 5.18. The van der Waals surface area contributed by atoms with Crippen LogP contribution in [0.1, 0.15) is 25.3 Å². The largest absolute Gasteiger partial charge is 0.328 e. The predicted octanol–water partition coefficient (Wildman–Crippen LogP) is 1.44. The van der Waals surface area contributed by atoms with Gasteiger partial charge in [-0.15, -0.1) is 0 Å². The van der Waals surface area contributed by atoms with Crippen LogP contribution in [0, 0.1) is 0 Å². The highest BCUT2D eigenvalue weighted by molar-refractivity contribution is 5.08. The van der Waals surface area contributed by atoms with E-state index in [0.717, 1.165) is 32.4 Å². The van der Waals surface area contributed by atoms with Gasteiger partial charge in [-0.1, -0.05) is 6.07 Å². The van der Waals surface area contributed by atoms with Gasteiger partial charge in [-0.25, -0.2) is 0 Å². The molecule has 3 nitrogen and oxygen atoms in total. The number of aromatic nitrogens is 1. The predicted molar refractivity (Wildman–Crippen MR) is 66.2 cm³/mol. The third-order valence-electron chi connectivity index (χ3n) is 3.46. The molecule has 2 rings (SSSR count). The van der Waals surface area contributed by atoms with Crippen LogP contribution in [0.5, 0.6) is 0 Å². The first-order chi connectivity index (χ1) is 7.75. The number of nitrogens with zero attached hydrogens (tertiary/aromatic N) is 2. The van der Waals surface area contributed by atoms with Crippen molar-refractivity contribution in [2.24, 2.45) is 5.73 Å². The monoisotopic (exact) mass is 219 g/mol. The van der Waals surface area contributed by atoms with Gasteiger partial charge >= 0.3 is 0 Å². The van der Waals surface area contributed by atoms with Gasteiger partial charge in [0.2, 0.25) is 0 Å². The van der Waals surface area contributed by atoms with Crippen molar-refractivity contribution in [2.75, 3.05) is 13.1 Å². The summed E-state index contributed by atoms with van der Waals surface area (Å²) < 4.78 is 0. The van der Waals surface area contributed by atoms with Crippen molar-refractivity contribution in [2.45, 2.75) is 38.3 Å². The summed E-state index contributed by atoms with van der Waals surface area (Å²) in [6.45, 7) is 4.55. The minimum atomic E-state index is 0.407. The molecular weight excluding hydrogens is 198 g/mol. The molecule has 2 heterocycles. The quantitative estimate of drug-likeness (QED) is 0.836. The zero-order valence-corrected chi connectivity index (χ0v) is 9.97. The van der Waals surface area contributed by atoms with Crippen LogP contribution in [-0.4, -0.2) is 35.1 Å². The summed E-state index contributed by atoms with van der Waals surface area (Å²) in [4.78, 5) is 6.68. The number of hydrogen-bond donors (Lipinski definition) is 1. The lowest BCUT2D eigenvalue weighted by atomic mass is 9.98. The Bertz CT molecular complexity index is 312. The number of pyridine rings is 1. The molecule has 3 heteroatoms. The van der Waals surface area contributed by atoms with Crippen molar-refractivity contribution in [3.8, 4) is 0 Å². The zero-order chi connectivity index (χ0) is 11.4. The Labute approximate surface area is 97.7 Å². The van der Waals surface area contributed by atoms with Gasteiger partial charge in [0.05, 0.1) is 0 Å². The van der Waals surface area contributed by atoms with Gasteiger partial charge in [-0.3, -0.25) is 4.98 Å². The van der Waals surface area contributed by atoms with Crippen LogP contribution in [0.25, 0.3) is 0 Å². The van der Waals surface area contributed by atoms with E-state index >= 15 is 0 Å². The van der Waals surface area contributed by atoms with Crippen LogP contribution in [0.2, 0.25) is 0 Å². The minimum Gasteiger partial charge on any atom is -0.328 e. The SMILES string of the molecule is CC1CC(N)CCN1CCc1cccnc1. The molecule has 1 fully saturated rings. The van der Waals surface area contributed by atoms with Crippen molar-refractivity contribution in [1.29, 1.82) is 0 Å². The molecule has 0 aliphatic carbocycles. The molecule has 0 spiro atoms. The molecule has 1 aliphatic rings. The van der Waals surface area contributed by atoms with Gasteiger partial charge in [-0.05, 0) is 44.4 Å². The van der Waals surface area contributed by atoms with Gasteiger partial charge in [0, 0.05) is 31.0 Å². The molecule has 0 aromatic carbocycles. The van der Waals surface area contributed by atoms with E-state index in [1.165, 1.54) is 5.56 Å². The summed E-state index contributed by atoms with van der Waals surface area (Å²) in [5.74, 6) is 0. The van der Waals surface area contributed by atoms with E-state index in [1.807, 2.05) is 18.5 Å². The summed E-state index contributed by atoms with van der Waals surface area (Å²) >= 11 is 0. The van der Waals surface area contributed by atoms with E-state index in [2.05, 4.69) is 22.9 Å². The summed E-state index contributed by atoms with van der Waals surface area (Å²) in [5, 5.41) is 0. The van der Waals surface area contributed by atoms with E-state index in [-0.39, 0.29) is 0 Å². The van der Waals surface area contributed by atoms with E-state index in [1.54, 1.807) is 0 Å². The standard InChI is InChI=1S/C13H21N3/c1-11-9-13(14)5-8-16(11)7-4-12-3-2-6-15-10-12/h2-3,6,10-11,13H,4-5,7-9,14H2,1H3. The topological polar surface area (TPSA) is 42.1 Å². The van der Waals surface area contributed by atoms with Crippen molar-refractivity contribution >= 4 is 0 Å². The van der Waals surface area contributed by atoms with Crippen molar-refractivity contribution in [3.63, 3.8) is 0 Å². The Morgan fingerprint density at radius 1 is 1.56 bits per heavy atom. The van der Waals surface area contributed by atoms with Crippen LogP contribution < -0.4 is 5.73 Å². The molecule has 0 amide bonds. The maximum Gasteiger partial charge on any atom is 0.0300 e. The fraction of sp³-hybridized carbons (Fsp3) is 0.615. The van der Waals surface area contributed by atoms with Gasteiger partial charge in [0.1, 0.15) is 0 Å². The summed E-state index contributed by atoms with van der Waals surface area (Å²) in [6.07, 6.45) is 7.14. The first-order valence-corrected chi connectivity index (χ1v) is 6.14. The molecule has 1 saturated heterocycles. The molecule has 1 aromatic rings. The van der Waals surface area contributed by atoms with Gasteiger partial charge < -0.3 is 10.6 Å². The molecule has 2 unspecified atom stereocenters. The van der Waals surface area contributed by atoms with E-state index < -0.39 is 0 Å². The Hall–Kier alpha value is -0.930. The maximum absolute atomic E-state index is 5.96. The van der Waals surface area contributed by atoms with Crippen LogP contribution in [0.15, 0.2) is 24.5 Å². The van der Waals surface area contributed by atoms with Crippen LogP contribution in [-0.2, 0) is 6.42 Å². The Kier molecular flexibility index (Phi) is 3.91. The zero-order valence-electron chi connectivity index (χ0n) is 9.97. The molecule has 1 aliphatic heterocycles. The van der Waals surface area contributed by atoms with Crippen molar-refractivity contribution < 1.29 is 0 Å².